The van der Waals surface area contributed by atoms with E-state index in [-0.39, 0.29) is 13.0 Å². The number of quaternary nitrogens is 1. The molecule has 21 heavy (non-hydrogen) atoms. The molecule has 0 aromatic heterocycles. The van der Waals surface area contributed by atoms with Crippen LogP contribution in [0.2, 0.25) is 0 Å². The lowest BCUT2D eigenvalue weighted by atomic mass is 9.89. The van der Waals surface area contributed by atoms with Gasteiger partial charge >= 0.3 is 5.97 Å². The highest BCUT2D eigenvalue weighted by Crippen LogP contribution is 2.19. The van der Waals surface area contributed by atoms with Gasteiger partial charge in [-0.05, 0) is 12.8 Å². The minimum Gasteiger partial charge on any atom is -0.481 e. The molecular formula is C15H28NO5+. The van der Waals surface area contributed by atoms with Gasteiger partial charge in [-0.1, -0.05) is 12.8 Å². The molecule has 0 radical (unpaired) electrons. The predicted molar refractivity (Wildman–Crippen MR) is 78.9 cm³/mol. The van der Waals surface area contributed by atoms with Crippen molar-refractivity contribution in [3.8, 4) is 0 Å². The van der Waals surface area contributed by atoms with Gasteiger partial charge in [0.2, 0.25) is 0 Å². The zero-order chi connectivity index (χ0) is 16.5. The van der Waals surface area contributed by atoms with Gasteiger partial charge in [-0.15, -0.1) is 0 Å². The number of likely N-dealkylation sites (N-methyl/N-ethyl adjacent to an activating group) is 1. The van der Waals surface area contributed by atoms with Crippen LogP contribution >= 0.6 is 0 Å². The normalized spacial score (nSPS) is 14.5. The Labute approximate surface area is 126 Å². The standard InChI is InChI=1S/C15H27NO5/c1-16(2,3)12-15(21,11-14(19)20)13(18)9-7-5-4-6-8-10-17/h10,21H,4-9,11-12H2,1-3H3/p+1. The first kappa shape index (κ1) is 19.7. The van der Waals surface area contributed by atoms with Gasteiger partial charge in [-0.25, -0.2) is 0 Å². The van der Waals surface area contributed by atoms with E-state index in [0.29, 0.717) is 17.3 Å². The van der Waals surface area contributed by atoms with Gasteiger partial charge in [0.05, 0.1) is 27.6 Å². The summed E-state index contributed by atoms with van der Waals surface area (Å²) in [6, 6.07) is 0. The minimum absolute atomic E-state index is 0.0727. The number of carbonyl (C=O) groups excluding carboxylic acids is 2. The first-order chi connectivity index (χ1) is 9.60. The van der Waals surface area contributed by atoms with Crippen molar-refractivity contribution < 1.29 is 29.1 Å². The number of carboxylic acid groups (broad SMARTS) is 1. The third-order valence-corrected chi connectivity index (χ3v) is 3.17. The molecule has 0 amide bonds. The summed E-state index contributed by atoms with van der Waals surface area (Å²) in [7, 11) is 5.42. The number of hydrogen-bond donors (Lipinski definition) is 2. The van der Waals surface area contributed by atoms with Crippen LogP contribution in [-0.2, 0) is 14.4 Å². The molecule has 0 aliphatic heterocycles. The van der Waals surface area contributed by atoms with E-state index in [1.807, 2.05) is 0 Å². The quantitative estimate of drug-likeness (QED) is 0.319. The van der Waals surface area contributed by atoms with Crippen molar-refractivity contribution in [2.24, 2.45) is 0 Å². The first-order valence-electron chi connectivity index (χ1n) is 7.32. The molecule has 0 aromatic carbocycles. The number of ketones is 1. The number of unbranched alkanes of at least 4 members (excludes halogenated alkanes) is 4. The molecule has 0 heterocycles. The molecule has 0 aromatic rings. The average Bonchev–Trinajstić information content (AvgIpc) is 2.29. The molecular weight excluding hydrogens is 274 g/mol. The van der Waals surface area contributed by atoms with Crippen molar-refractivity contribution in [3.63, 3.8) is 0 Å². The van der Waals surface area contributed by atoms with E-state index in [1.54, 1.807) is 21.1 Å². The molecule has 0 aliphatic carbocycles. The monoisotopic (exact) mass is 302 g/mol. The third-order valence-electron chi connectivity index (χ3n) is 3.17. The van der Waals surface area contributed by atoms with Gasteiger partial charge in [0, 0.05) is 12.8 Å². The Morgan fingerprint density at radius 3 is 2.14 bits per heavy atom. The highest BCUT2D eigenvalue weighted by molar-refractivity contribution is 5.90. The van der Waals surface area contributed by atoms with Crippen molar-refractivity contribution >= 4 is 18.0 Å². The van der Waals surface area contributed by atoms with Crippen molar-refractivity contribution in [1.29, 1.82) is 0 Å². The molecule has 0 bridgehead atoms. The van der Waals surface area contributed by atoms with Crippen LogP contribution in [-0.4, -0.2) is 66.0 Å². The highest BCUT2D eigenvalue weighted by atomic mass is 16.4. The number of aliphatic carboxylic acids is 1. The van der Waals surface area contributed by atoms with Crippen molar-refractivity contribution in [3.05, 3.63) is 0 Å². The number of carbonyl (C=O) groups is 3. The van der Waals surface area contributed by atoms with Crippen LogP contribution in [0.3, 0.4) is 0 Å². The SMILES string of the molecule is C[N+](C)(C)CC(O)(CC(=O)O)C(=O)CCCCCCC=O. The minimum atomic E-state index is -1.81. The highest BCUT2D eigenvalue weighted by Gasteiger charge is 2.42. The van der Waals surface area contributed by atoms with Crippen LogP contribution in [0.25, 0.3) is 0 Å². The summed E-state index contributed by atoms with van der Waals surface area (Å²) in [6.07, 6.45) is 4.08. The van der Waals surface area contributed by atoms with Gasteiger partial charge < -0.3 is 19.5 Å². The molecule has 0 saturated carbocycles. The second-order valence-electron chi connectivity index (χ2n) is 6.59. The maximum Gasteiger partial charge on any atom is 0.306 e. The fourth-order valence-electron chi connectivity index (χ4n) is 2.38. The summed E-state index contributed by atoms with van der Waals surface area (Å²) in [4.78, 5) is 33.3. The number of hydrogen-bond acceptors (Lipinski definition) is 4. The summed E-state index contributed by atoms with van der Waals surface area (Å²) in [5.41, 5.74) is -1.81. The summed E-state index contributed by atoms with van der Waals surface area (Å²) in [6.45, 7) is 0.0727. The molecule has 1 unspecified atom stereocenters. The van der Waals surface area contributed by atoms with Gasteiger partial charge in [0.15, 0.2) is 11.4 Å². The zero-order valence-corrected chi connectivity index (χ0v) is 13.3. The summed E-state index contributed by atoms with van der Waals surface area (Å²) in [5, 5.41) is 19.3. The summed E-state index contributed by atoms with van der Waals surface area (Å²) in [5.74, 6) is -1.58. The van der Waals surface area contributed by atoms with Crippen LogP contribution in [0, 0.1) is 0 Å². The average molecular weight is 302 g/mol. The van der Waals surface area contributed by atoms with Gasteiger partial charge in [0.25, 0.3) is 0 Å². The number of rotatable bonds is 12. The molecule has 6 heteroatoms. The lowest BCUT2D eigenvalue weighted by molar-refractivity contribution is -0.875. The van der Waals surface area contributed by atoms with E-state index in [1.165, 1.54) is 0 Å². The van der Waals surface area contributed by atoms with Gasteiger partial charge in [0.1, 0.15) is 12.8 Å². The first-order valence-corrected chi connectivity index (χ1v) is 7.32. The molecule has 0 spiro atoms. The van der Waals surface area contributed by atoms with E-state index in [0.717, 1.165) is 25.5 Å². The Morgan fingerprint density at radius 1 is 1.10 bits per heavy atom. The maximum atomic E-state index is 12.2. The van der Waals surface area contributed by atoms with Crippen molar-refractivity contribution in [1.82, 2.24) is 0 Å². The second-order valence-corrected chi connectivity index (χ2v) is 6.59. The molecule has 122 valence electrons. The van der Waals surface area contributed by atoms with Crippen LogP contribution in [0.1, 0.15) is 44.9 Å². The van der Waals surface area contributed by atoms with Crippen LogP contribution < -0.4 is 0 Å². The molecule has 0 rings (SSSR count). The van der Waals surface area contributed by atoms with E-state index >= 15 is 0 Å². The molecule has 1 atom stereocenters. The van der Waals surface area contributed by atoms with E-state index < -0.39 is 23.8 Å². The number of Topliss-reactive ketones (excluding diaryl/α,β-unsaturated/α-hetero) is 1. The van der Waals surface area contributed by atoms with E-state index in [4.69, 9.17) is 5.11 Å². The third kappa shape index (κ3) is 9.31. The number of nitrogens with zero attached hydrogens (tertiary/aromatic N) is 1. The van der Waals surface area contributed by atoms with Gasteiger partial charge in [-0.3, -0.25) is 9.59 Å². The largest absolute Gasteiger partial charge is 0.481 e. The molecule has 0 aliphatic rings. The fourth-order valence-corrected chi connectivity index (χ4v) is 2.38. The fraction of sp³-hybridized carbons (Fsp3) is 0.800. The molecule has 0 saturated heterocycles. The number of aldehydes is 1. The topological polar surface area (TPSA) is 91.7 Å². The Balaban J connectivity index is 4.45. The van der Waals surface area contributed by atoms with Crippen molar-refractivity contribution in [2.45, 2.75) is 50.5 Å². The molecule has 0 fully saturated rings. The molecule has 6 nitrogen and oxygen atoms in total. The van der Waals surface area contributed by atoms with Gasteiger partial charge in [-0.2, -0.15) is 0 Å². The predicted octanol–water partition coefficient (Wildman–Crippen LogP) is 1.01. The maximum absolute atomic E-state index is 12.2. The Morgan fingerprint density at radius 2 is 1.67 bits per heavy atom. The second kappa shape index (κ2) is 8.89. The zero-order valence-electron chi connectivity index (χ0n) is 13.3. The summed E-state index contributed by atoms with van der Waals surface area (Å²) >= 11 is 0. The molecule has 2 N–H and O–H groups in total. The van der Waals surface area contributed by atoms with Crippen LogP contribution in [0.15, 0.2) is 0 Å². The number of aliphatic hydroxyl groups is 1. The Kier molecular flexibility index (Phi) is 8.36. The summed E-state index contributed by atoms with van der Waals surface area (Å²) < 4.78 is 0.314. The lowest BCUT2D eigenvalue weighted by Gasteiger charge is -2.33. The van der Waals surface area contributed by atoms with E-state index in [9.17, 15) is 19.5 Å². The van der Waals surface area contributed by atoms with E-state index in [2.05, 4.69) is 0 Å². The Bertz CT molecular complexity index is 362. The smallest absolute Gasteiger partial charge is 0.306 e. The van der Waals surface area contributed by atoms with Crippen molar-refractivity contribution in [2.75, 3.05) is 27.7 Å². The Hall–Kier alpha value is -1.27. The van der Waals surface area contributed by atoms with Crippen LogP contribution in [0.5, 0.6) is 0 Å². The lowest BCUT2D eigenvalue weighted by Crippen LogP contribution is -2.54. The number of carboxylic acids is 1. The van der Waals surface area contributed by atoms with Crippen LogP contribution in [0.4, 0.5) is 0 Å².